The van der Waals surface area contributed by atoms with Gasteiger partial charge < -0.3 is 25.2 Å². The maximum Gasteiger partial charge on any atom is 0.410 e. The van der Waals surface area contributed by atoms with Crippen molar-refractivity contribution in [1.82, 2.24) is 4.90 Å². The van der Waals surface area contributed by atoms with Gasteiger partial charge in [-0.05, 0) is 24.1 Å². The highest BCUT2D eigenvalue weighted by Gasteiger charge is 2.34. The van der Waals surface area contributed by atoms with Gasteiger partial charge in [-0.1, -0.05) is 12.1 Å². The van der Waals surface area contributed by atoms with Crippen LogP contribution in [0.5, 0.6) is 5.75 Å². The van der Waals surface area contributed by atoms with Crippen LogP contribution < -0.4 is 10.5 Å². The van der Waals surface area contributed by atoms with E-state index in [0.717, 1.165) is 11.3 Å². The number of aliphatic hydroxyl groups is 1. The largest absolute Gasteiger partial charge is 0.497 e. The van der Waals surface area contributed by atoms with E-state index in [-0.39, 0.29) is 19.2 Å². The first kappa shape index (κ1) is 14.6. The molecule has 1 aliphatic heterocycles. The highest BCUT2D eigenvalue weighted by molar-refractivity contribution is 5.68. The van der Waals surface area contributed by atoms with Crippen LogP contribution in [-0.4, -0.2) is 48.4 Å². The van der Waals surface area contributed by atoms with Gasteiger partial charge in [0.2, 0.25) is 0 Å². The van der Waals surface area contributed by atoms with Crippen molar-refractivity contribution in [3.8, 4) is 5.75 Å². The predicted molar refractivity (Wildman–Crippen MR) is 73.4 cm³/mol. The molecule has 0 bridgehead atoms. The lowest BCUT2D eigenvalue weighted by Gasteiger charge is -2.22. The van der Waals surface area contributed by atoms with Crippen LogP contribution in [0.25, 0.3) is 0 Å². The van der Waals surface area contributed by atoms with Gasteiger partial charge >= 0.3 is 6.09 Å². The first-order chi connectivity index (χ1) is 9.63. The zero-order chi connectivity index (χ0) is 14.5. The first-order valence-corrected chi connectivity index (χ1v) is 6.58. The minimum atomic E-state index is -0.517. The second kappa shape index (κ2) is 6.58. The standard InChI is InChI=1S/C14H20N2O4/c1-19-13-4-2-10(3-5-13)9-20-14(18)16-8-12(17)6-11(16)7-15/h2-5,11-12,17H,6-9,15H2,1H3/t11-,12+/m0/s1. The van der Waals surface area contributed by atoms with Gasteiger partial charge in [0, 0.05) is 12.6 Å². The van der Waals surface area contributed by atoms with Crippen molar-refractivity contribution in [3.63, 3.8) is 0 Å². The summed E-state index contributed by atoms with van der Waals surface area (Å²) in [6.45, 7) is 0.796. The van der Waals surface area contributed by atoms with Crippen LogP contribution in [0.4, 0.5) is 4.79 Å². The van der Waals surface area contributed by atoms with Gasteiger partial charge in [0.1, 0.15) is 12.4 Å². The van der Waals surface area contributed by atoms with Crippen molar-refractivity contribution in [2.45, 2.75) is 25.2 Å². The van der Waals surface area contributed by atoms with Gasteiger partial charge in [0.25, 0.3) is 0 Å². The maximum absolute atomic E-state index is 12.0. The smallest absolute Gasteiger partial charge is 0.410 e. The second-order valence-corrected chi connectivity index (χ2v) is 4.83. The number of carbonyl (C=O) groups excluding carboxylic acids is 1. The highest BCUT2D eigenvalue weighted by Crippen LogP contribution is 2.19. The topological polar surface area (TPSA) is 85.0 Å². The van der Waals surface area contributed by atoms with Crippen LogP contribution in [-0.2, 0) is 11.3 Å². The molecule has 2 rings (SSSR count). The monoisotopic (exact) mass is 280 g/mol. The Balaban J connectivity index is 1.88. The third-order valence-corrected chi connectivity index (χ3v) is 3.42. The Morgan fingerprint density at radius 2 is 2.15 bits per heavy atom. The number of benzene rings is 1. The van der Waals surface area contributed by atoms with Crippen molar-refractivity contribution in [3.05, 3.63) is 29.8 Å². The Bertz CT molecular complexity index is 449. The van der Waals surface area contributed by atoms with Crippen LogP contribution in [0.15, 0.2) is 24.3 Å². The lowest BCUT2D eigenvalue weighted by Crippen LogP contribution is -2.40. The molecule has 1 amide bonds. The van der Waals surface area contributed by atoms with Crippen LogP contribution in [0.2, 0.25) is 0 Å². The molecule has 1 aromatic carbocycles. The minimum Gasteiger partial charge on any atom is -0.497 e. The number of β-amino-alcohol motifs (C(OH)–C–C–N with tert-alkyl or cyclic N) is 1. The normalized spacial score (nSPS) is 21.9. The molecule has 6 nitrogen and oxygen atoms in total. The summed E-state index contributed by atoms with van der Waals surface area (Å²) in [6.07, 6.45) is -0.446. The fourth-order valence-corrected chi connectivity index (χ4v) is 2.29. The summed E-state index contributed by atoms with van der Waals surface area (Å²) < 4.78 is 10.3. The van der Waals surface area contributed by atoms with Crippen molar-refractivity contribution in [2.24, 2.45) is 5.73 Å². The van der Waals surface area contributed by atoms with Gasteiger partial charge in [0.05, 0.1) is 19.8 Å². The molecule has 3 N–H and O–H groups in total. The van der Waals surface area contributed by atoms with E-state index in [1.807, 2.05) is 24.3 Å². The maximum atomic E-state index is 12.0. The number of likely N-dealkylation sites (tertiary alicyclic amines) is 1. The molecular weight excluding hydrogens is 260 g/mol. The molecule has 1 fully saturated rings. The number of nitrogens with two attached hydrogens (primary N) is 1. The molecule has 0 aliphatic carbocycles. The molecule has 0 radical (unpaired) electrons. The number of hydrogen-bond donors (Lipinski definition) is 2. The molecule has 2 atom stereocenters. The van der Waals surface area contributed by atoms with E-state index in [2.05, 4.69) is 0 Å². The average molecular weight is 280 g/mol. The van der Waals surface area contributed by atoms with Crippen LogP contribution in [0, 0.1) is 0 Å². The summed E-state index contributed by atoms with van der Waals surface area (Å²) >= 11 is 0. The molecule has 20 heavy (non-hydrogen) atoms. The summed E-state index contributed by atoms with van der Waals surface area (Å²) in [6, 6.07) is 7.15. The summed E-state index contributed by atoms with van der Waals surface area (Å²) in [4.78, 5) is 13.5. The molecule has 0 saturated carbocycles. The van der Waals surface area contributed by atoms with Gasteiger partial charge in [0.15, 0.2) is 0 Å². The van der Waals surface area contributed by atoms with Gasteiger partial charge in [-0.3, -0.25) is 0 Å². The van der Waals surface area contributed by atoms with Crippen molar-refractivity contribution >= 4 is 6.09 Å². The van der Waals surface area contributed by atoms with E-state index in [1.54, 1.807) is 7.11 Å². The Hall–Kier alpha value is -1.79. The molecule has 110 valence electrons. The molecular formula is C14H20N2O4. The zero-order valence-corrected chi connectivity index (χ0v) is 11.5. The molecule has 1 aliphatic rings. The zero-order valence-electron chi connectivity index (χ0n) is 11.5. The van der Waals surface area contributed by atoms with Crippen molar-refractivity contribution in [1.29, 1.82) is 0 Å². The Morgan fingerprint density at radius 1 is 1.45 bits per heavy atom. The fraction of sp³-hybridized carbons (Fsp3) is 0.500. The number of aliphatic hydroxyl groups excluding tert-OH is 1. The first-order valence-electron chi connectivity index (χ1n) is 6.58. The number of hydrogen-bond acceptors (Lipinski definition) is 5. The summed E-state index contributed by atoms with van der Waals surface area (Å²) in [5.74, 6) is 0.755. The summed E-state index contributed by atoms with van der Waals surface area (Å²) in [7, 11) is 1.60. The number of nitrogens with zero attached hydrogens (tertiary/aromatic N) is 1. The SMILES string of the molecule is COc1ccc(COC(=O)N2C[C@H](O)C[C@H]2CN)cc1. The molecule has 1 saturated heterocycles. The van der Waals surface area contributed by atoms with Crippen LogP contribution in [0.1, 0.15) is 12.0 Å². The molecule has 6 heteroatoms. The lowest BCUT2D eigenvalue weighted by molar-refractivity contribution is 0.0885. The van der Waals surface area contributed by atoms with Gasteiger partial charge in [-0.2, -0.15) is 0 Å². The number of ether oxygens (including phenoxy) is 2. The van der Waals surface area contributed by atoms with Crippen molar-refractivity contribution < 1.29 is 19.4 Å². The van der Waals surface area contributed by atoms with E-state index in [9.17, 15) is 9.90 Å². The van der Waals surface area contributed by atoms with Crippen molar-refractivity contribution in [2.75, 3.05) is 20.2 Å². The molecule has 1 aromatic rings. The molecule has 0 unspecified atom stereocenters. The third-order valence-electron chi connectivity index (χ3n) is 3.42. The molecule has 1 heterocycles. The van der Waals surface area contributed by atoms with E-state index in [0.29, 0.717) is 13.0 Å². The minimum absolute atomic E-state index is 0.145. The van der Waals surface area contributed by atoms with E-state index >= 15 is 0 Å². The summed E-state index contributed by atoms with van der Waals surface area (Å²) in [5.41, 5.74) is 6.47. The Morgan fingerprint density at radius 3 is 2.75 bits per heavy atom. The van der Waals surface area contributed by atoms with E-state index in [4.69, 9.17) is 15.2 Å². The van der Waals surface area contributed by atoms with Crippen LogP contribution >= 0.6 is 0 Å². The number of rotatable bonds is 4. The Kier molecular flexibility index (Phi) is 4.81. The average Bonchev–Trinajstić information content (AvgIpc) is 2.86. The highest BCUT2D eigenvalue weighted by atomic mass is 16.6. The van der Waals surface area contributed by atoms with Gasteiger partial charge in [-0.25, -0.2) is 4.79 Å². The fourth-order valence-electron chi connectivity index (χ4n) is 2.29. The second-order valence-electron chi connectivity index (χ2n) is 4.83. The quantitative estimate of drug-likeness (QED) is 0.849. The number of methoxy groups -OCH3 is 1. The summed E-state index contributed by atoms with van der Waals surface area (Å²) in [5, 5.41) is 9.57. The Labute approximate surface area is 118 Å². The van der Waals surface area contributed by atoms with E-state index in [1.165, 1.54) is 4.90 Å². The van der Waals surface area contributed by atoms with E-state index < -0.39 is 12.2 Å². The molecule has 0 aromatic heterocycles. The lowest BCUT2D eigenvalue weighted by atomic mass is 10.2. The number of carbonyl (C=O) groups is 1. The third kappa shape index (κ3) is 3.40. The molecule has 0 spiro atoms. The van der Waals surface area contributed by atoms with Crippen LogP contribution in [0.3, 0.4) is 0 Å². The number of amides is 1. The van der Waals surface area contributed by atoms with Gasteiger partial charge in [-0.15, -0.1) is 0 Å². The predicted octanol–water partition coefficient (Wildman–Crippen LogP) is 0.726.